The average molecular weight is 204 g/mol. The van der Waals surface area contributed by atoms with E-state index in [4.69, 9.17) is 0 Å². The van der Waals surface area contributed by atoms with E-state index in [1.54, 1.807) is 5.57 Å². The van der Waals surface area contributed by atoms with Gasteiger partial charge in [-0.1, -0.05) is 30.7 Å². The summed E-state index contributed by atoms with van der Waals surface area (Å²) in [4.78, 5) is 0. The van der Waals surface area contributed by atoms with Crippen LogP contribution in [0, 0.1) is 23.7 Å². The Morgan fingerprint density at radius 3 is 2.73 bits per heavy atom. The van der Waals surface area contributed by atoms with Crippen LogP contribution in [0.25, 0.3) is 0 Å². The summed E-state index contributed by atoms with van der Waals surface area (Å²) in [5.41, 5.74) is 3.03. The molecule has 2 aliphatic rings. The van der Waals surface area contributed by atoms with Crippen molar-refractivity contribution in [2.75, 3.05) is 0 Å². The van der Waals surface area contributed by atoms with Crippen molar-refractivity contribution in [1.82, 2.24) is 0 Å². The summed E-state index contributed by atoms with van der Waals surface area (Å²) in [7, 11) is 0. The molecule has 0 spiro atoms. The quantitative estimate of drug-likeness (QED) is 0.548. The molecule has 0 aromatic rings. The third-order valence-electron chi connectivity index (χ3n) is 4.66. The molecule has 0 aromatic carbocycles. The van der Waals surface area contributed by atoms with E-state index in [-0.39, 0.29) is 0 Å². The van der Waals surface area contributed by atoms with Crippen LogP contribution in [0.2, 0.25) is 0 Å². The van der Waals surface area contributed by atoms with E-state index in [2.05, 4.69) is 33.4 Å². The summed E-state index contributed by atoms with van der Waals surface area (Å²) in [5, 5.41) is 0. The summed E-state index contributed by atoms with van der Waals surface area (Å²) >= 11 is 0. The number of allylic oxidation sites excluding steroid dienone is 3. The van der Waals surface area contributed by atoms with Crippen LogP contribution < -0.4 is 0 Å². The maximum atomic E-state index is 4.20. The van der Waals surface area contributed by atoms with Gasteiger partial charge < -0.3 is 0 Å². The molecule has 0 saturated heterocycles. The molecule has 0 N–H and O–H groups in total. The fourth-order valence-corrected chi connectivity index (χ4v) is 3.70. The molecule has 0 unspecified atom stereocenters. The van der Waals surface area contributed by atoms with Gasteiger partial charge in [0, 0.05) is 0 Å². The van der Waals surface area contributed by atoms with Crippen LogP contribution in [0.1, 0.15) is 46.5 Å². The van der Waals surface area contributed by atoms with E-state index in [9.17, 15) is 0 Å². The Morgan fingerprint density at radius 1 is 1.33 bits per heavy atom. The molecule has 84 valence electrons. The lowest BCUT2D eigenvalue weighted by atomic mass is 9.60. The zero-order chi connectivity index (χ0) is 11.0. The van der Waals surface area contributed by atoms with Crippen molar-refractivity contribution in [2.45, 2.75) is 46.5 Å². The molecule has 0 aliphatic heterocycles. The van der Waals surface area contributed by atoms with Crippen molar-refractivity contribution in [1.29, 1.82) is 0 Å². The SMILES string of the molecule is C=C(C)[C@@H]1CC[C@@H](C)[C@@H]2CC=C(C)C[C@H]21. The smallest absolute Gasteiger partial charge is 0.0174 e. The van der Waals surface area contributed by atoms with Gasteiger partial charge in [0.05, 0.1) is 0 Å². The molecule has 15 heavy (non-hydrogen) atoms. The van der Waals surface area contributed by atoms with Gasteiger partial charge in [-0.05, 0) is 63.2 Å². The third-order valence-corrected chi connectivity index (χ3v) is 4.66. The number of hydrogen-bond donors (Lipinski definition) is 0. The highest BCUT2D eigenvalue weighted by atomic mass is 14.4. The maximum absolute atomic E-state index is 4.20. The minimum Gasteiger partial charge on any atom is -0.0999 e. The number of fused-ring (bicyclic) bond motifs is 1. The molecule has 0 heterocycles. The molecule has 1 saturated carbocycles. The Bertz CT molecular complexity index is 284. The molecular weight excluding hydrogens is 180 g/mol. The van der Waals surface area contributed by atoms with Crippen LogP contribution >= 0.6 is 0 Å². The molecule has 0 heteroatoms. The Hall–Kier alpha value is -0.520. The van der Waals surface area contributed by atoms with Gasteiger partial charge in [-0.15, -0.1) is 0 Å². The molecule has 0 bridgehead atoms. The molecule has 0 aromatic heterocycles. The Labute approximate surface area is 94.5 Å². The van der Waals surface area contributed by atoms with Crippen molar-refractivity contribution in [3.63, 3.8) is 0 Å². The van der Waals surface area contributed by atoms with Crippen LogP contribution in [0.4, 0.5) is 0 Å². The predicted molar refractivity (Wildman–Crippen MR) is 66.7 cm³/mol. The summed E-state index contributed by atoms with van der Waals surface area (Å²) in [6, 6.07) is 0. The van der Waals surface area contributed by atoms with Crippen molar-refractivity contribution in [3.05, 3.63) is 23.8 Å². The summed E-state index contributed by atoms with van der Waals surface area (Å²) in [6.45, 7) is 11.2. The molecule has 0 radical (unpaired) electrons. The first-order chi connectivity index (χ1) is 7.09. The number of hydrogen-bond acceptors (Lipinski definition) is 0. The average Bonchev–Trinajstić information content (AvgIpc) is 2.17. The fraction of sp³-hybridized carbons (Fsp3) is 0.733. The Kier molecular flexibility index (Phi) is 3.04. The van der Waals surface area contributed by atoms with E-state index >= 15 is 0 Å². The molecule has 2 aliphatic carbocycles. The molecular formula is C15H24. The van der Waals surface area contributed by atoms with E-state index in [0.717, 1.165) is 23.7 Å². The van der Waals surface area contributed by atoms with E-state index in [1.807, 2.05) is 0 Å². The van der Waals surface area contributed by atoms with E-state index < -0.39 is 0 Å². The van der Waals surface area contributed by atoms with Gasteiger partial charge in [0.25, 0.3) is 0 Å². The monoisotopic (exact) mass is 204 g/mol. The minimum absolute atomic E-state index is 0.801. The summed E-state index contributed by atoms with van der Waals surface area (Å²) in [6.07, 6.45) is 7.91. The topological polar surface area (TPSA) is 0 Å². The van der Waals surface area contributed by atoms with E-state index in [1.165, 1.54) is 31.3 Å². The molecule has 2 rings (SSSR count). The van der Waals surface area contributed by atoms with Crippen LogP contribution in [-0.2, 0) is 0 Å². The van der Waals surface area contributed by atoms with Crippen molar-refractivity contribution < 1.29 is 0 Å². The standard InChI is InChI=1S/C15H24/c1-10(2)13-8-6-12(4)14-7-5-11(3)9-15(13)14/h5,12-15H,1,6-9H2,2-4H3/t12-,13+,14+,15+/m1/s1. The summed E-state index contributed by atoms with van der Waals surface area (Å²) in [5.74, 6) is 3.56. The lowest BCUT2D eigenvalue weighted by molar-refractivity contribution is 0.111. The van der Waals surface area contributed by atoms with Gasteiger partial charge in [-0.25, -0.2) is 0 Å². The normalized spacial score (nSPS) is 40.6. The second-order valence-electron chi connectivity index (χ2n) is 5.83. The molecule has 0 amide bonds. The van der Waals surface area contributed by atoms with Gasteiger partial charge in [0.15, 0.2) is 0 Å². The van der Waals surface area contributed by atoms with E-state index in [0.29, 0.717) is 0 Å². The predicted octanol–water partition coefficient (Wildman–Crippen LogP) is 4.58. The Morgan fingerprint density at radius 2 is 2.07 bits per heavy atom. The fourth-order valence-electron chi connectivity index (χ4n) is 3.70. The second kappa shape index (κ2) is 4.15. The highest BCUT2D eigenvalue weighted by Gasteiger charge is 2.38. The highest BCUT2D eigenvalue weighted by molar-refractivity contribution is 5.13. The van der Waals surface area contributed by atoms with Gasteiger partial charge in [-0.3, -0.25) is 0 Å². The molecule has 1 fully saturated rings. The van der Waals surface area contributed by atoms with Crippen LogP contribution in [-0.4, -0.2) is 0 Å². The van der Waals surface area contributed by atoms with Gasteiger partial charge in [0.2, 0.25) is 0 Å². The van der Waals surface area contributed by atoms with Crippen molar-refractivity contribution >= 4 is 0 Å². The largest absolute Gasteiger partial charge is 0.0999 e. The summed E-state index contributed by atoms with van der Waals surface area (Å²) < 4.78 is 0. The molecule has 4 atom stereocenters. The van der Waals surface area contributed by atoms with Crippen molar-refractivity contribution in [2.24, 2.45) is 23.7 Å². The van der Waals surface area contributed by atoms with Crippen molar-refractivity contribution in [3.8, 4) is 0 Å². The second-order valence-corrected chi connectivity index (χ2v) is 5.83. The van der Waals surface area contributed by atoms with Crippen LogP contribution in [0.5, 0.6) is 0 Å². The first-order valence-electron chi connectivity index (χ1n) is 6.40. The first-order valence-corrected chi connectivity index (χ1v) is 6.40. The maximum Gasteiger partial charge on any atom is -0.0174 e. The van der Waals surface area contributed by atoms with Crippen LogP contribution in [0.15, 0.2) is 23.8 Å². The number of rotatable bonds is 1. The zero-order valence-corrected chi connectivity index (χ0v) is 10.4. The van der Waals surface area contributed by atoms with Crippen LogP contribution in [0.3, 0.4) is 0 Å². The van der Waals surface area contributed by atoms with Gasteiger partial charge in [-0.2, -0.15) is 0 Å². The zero-order valence-electron chi connectivity index (χ0n) is 10.4. The minimum atomic E-state index is 0.801. The first kappa shape index (κ1) is 11.0. The Balaban J connectivity index is 2.20. The lowest BCUT2D eigenvalue weighted by Crippen LogP contribution is -2.35. The third kappa shape index (κ3) is 2.04. The lowest BCUT2D eigenvalue weighted by Gasteiger charge is -2.44. The highest BCUT2D eigenvalue weighted by Crippen LogP contribution is 2.48. The van der Waals surface area contributed by atoms with Gasteiger partial charge >= 0.3 is 0 Å². The van der Waals surface area contributed by atoms with Gasteiger partial charge in [0.1, 0.15) is 0 Å². The molecule has 0 nitrogen and oxygen atoms in total.